The average molecular weight is 294 g/mol. The Morgan fingerprint density at radius 1 is 0.571 bits per heavy atom. The molecular formula is C16H10F4O. The van der Waals surface area contributed by atoms with Crippen LogP contribution in [0.5, 0.6) is 0 Å². The average Bonchev–Trinajstić information content (AvgIpc) is 2.36. The number of benzene rings is 2. The van der Waals surface area contributed by atoms with Crippen molar-refractivity contribution >= 4 is 12.2 Å². The zero-order valence-corrected chi connectivity index (χ0v) is 10.7. The number of rotatable bonds is 4. The summed E-state index contributed by atoms with van der Waals surface area (Å²) in [7, 11) is 0. The van der Waals surface area contributed by atoms with Gasteiger partial charge in [0.2, 0.25) is 0 Å². The zero-order chi connectivity index (χ0) is 15.2. The van der Waals surface area contributed by atoms with Crippen LogP contribution >= 0.6 is 0 Å². The molecule has 0 heterocycles. The molecule has 0 aliphatic heterocycles. The van der Waals surface area contributed by atoms with Crippen LogP contribution in [0.25, 0.3) is 12.2 Å². The van der Waals surface area contributed by atoms with E-state index in [4.69, 9.17) is 4.74 Å². The van der Waals surface area contributed by atoms with Crippen LogP contribution in [0.15, 0.2) is 48.9 Å². The maximum absolute atomic E-state index is 12.9. The topological polar surface area (TPSA) is 9.23 Å². The summed E-state index contributed by atoms with van der Waals surface area (Å²) in [5, 5.41) is 0. The van der Waals surface area contributed by atoms with Gasteiger partial charge in [-0.15, -0.1) is 0 Å². The van der Waals surface area contributed by atoms with Gasteiger partial charge >= 0.3 is 0 Å². The monoisotopic (exact) mass is 294 g/mol. The van der Waals surface area contributed by atoms with E-state index < -0.39 is 23.3 Å². The van der Waals surface area contributed by atoms with Gasteiger partial charge in [-0.3, -0.25) is 0 Å². The largest absolute Gasteiger partial charge is 0.473 e. The first-order chi connectivity index (χ1) is 10.0. The molecule has 2 aromatic rings. The van der Waals surface area contributed by atoms with Crippen molar-refractivity contribution < 1.29 is 22.3 Å². The molecule has 0 bridgehead atoms. The molecule has 5 heteroatoms. The van der Waals surface area contributed by atoms with Gasteiger partial charge in [-0.1, -0.05) is 0 Å². The molecule has 2 aromatic carbocycles. The van der Waals surface area contributed by atoms with E-state index in [1.165, 1.54) is 24.7 Å². The summed E-state index contributed by atoms with van der Waals surface area (Å²) < 4.78 is 56.6. The van der Waals surface area contributed by atoms with Crippen molar-refractivity contribution in [3.63, 3.8) is 0 Å². The molecule has 21 heavy (non-hydrogen) atoms. The maximum atomic E-state index is 12.9. The summed E-state index contributed by atoms with van der Waals surface area (Å²) in [5.41, 5.74) is 0.579. The molecular weight excluding hydrogens is 284 g/mol. The minimum absolute atomic E-state index is 0.290. The van der Waals surface area contributed by atoms with Gasteiger partial charge in [0, 0.05) is 12.1 Å². The number of ether oxygens (including phenoxy) is 1. The third kappa shape index (κ3) is 4.80. The highest BCUT2D eigenvalue weighted by Gasteiger charge is 1.98. The molecule has 2 rings (SSSR count). The minimum Gasteiger partial charge on any atom is -0.473 e. The van der Waals surface area contributed by atoms with Gasteiger partial charge < -0.3 is 4.74 Å². The van der Waals surface area contributed by atoms with Crippen molar-refractivity contribution in [2.75, 3.05) is 0 Å². The minimum atomic E-state index is -0.694. The van der Waals surface area contributed by atoms with E-state index in [0.29, 0.717) is 0 Å². The highest BCUT2D eigenvalue weighted by Crippen LogP contribution is 2.11. The fourth-order valence-corrected chi connectivity index (χ4v) is 1.62. The molecule has 0 radical (unpaired) electrons. The van der Waals surface area contributed by atoms with Gasteiger partial charge in [-0.2, -0.15) is 0 Å². The number of halogens is 4. The lowest BCUT2D eigenvalue weighted by atomic mass is 10.2. The molecule has 0 unspecified atom stereocenters. The Kier molecular flexibility index (Phi) is 4.77. The summed E-state index contributed by atoms with van der Waals surface area (Å²) in [6.45, 7) is 0. The van der Waals surface area contributed by atoms with Crippen LogP contribution in [0.1, 0.15) is 11.1 Å². The molecule has 0 spiro atoms. The molecule has 0 aliphatic rings. The Balaban J connectivity index is 1.97. The first-order valence-electron chi connectivity index (χ1n) is 5.94. The molecule has 0 saturated heterocycles. The Morgan fingerprint density at radius 2 is 0.905 bits per heavy atom. The molecule has 1 nitrogen and oxygen atoms in total. The Morgan fingerprint density at radius 3 is 1.24 bits per heavy atom. The molecule has 0 saturated carbocycles. The van der Waals surface area contributed by atoms with E-state index in [2.05, 4.69) is 0 Å². The van der Waals surface area contributed by atoms with E-state index in [1.54, 1.807) is 0 Å². The SMILES string of the molecule is Fc1cc(F)cc(C=COC=Cc2cc(F)cc(F)c2)c1. The van der Waals surface area contributed by atoms with Gasteiger partial charge in [-0.25, -0.2) is 17.6 Å². The van der Waals surface area contributed by atoms with Crippen LogP contribution in [-0.2, 0) is 4.74 Å². The van der Waals surface area contributed by atoms with Gasteiger partial charge in [0.25, 0.3) is 0 Å². The van der Waals surface area contributed by atoms with Gasteiger partial charge in [-0.05, 0) is 47.5 Å². The highest BCUT2D eigenvalue weighted by molar-refractivity contribution is 5.50. The lowest BCUT2D eigenvalue weighted by molar-refractivity contribution is 0.410. The van der Waals surface area contributed by atoms with Crippen LogP contribution in [0, 0.1) is 23.3 Å². The van der Waals surface area contributed by atoms with Crippen molar-refractivity contribution in [2.24, 2.45) is 0 Å². The lowest BCUT2D eigenvalue weighted by Crippen LogP contribution is -1.82. The summed E-state index contributed by atoms with van der Waals surface area (Å²) in [5.74, 6) is -2.78. The van der Waals surface area contributed by atoms with Crippen LogP contribution in [0.2, 0.25) is 0 Å². The second-order valence-corrected chi connectivity index (χ2v) is 4.15. The number of hydrogen-bond donors (Lipinski definition) is 0. The molecule has 0 aromatic heterocycles. The van der Waals surface area contributed by atoms with Crippen molar-refractivity contribution in [3.8, 4) is 0 Å². The summed E-state index contributed by atoms with van der Waals surface area (Å²) in [6, 6.07) is 6.06. The lowest BCUT2D eigenvalue weighted by Gasteiger charge is -1.96. The third-order valence-corrected chi connectivity index (χ3v) is 2.45. The molecule has 0 atom stereocenters. The standard InChI is InChI=1S/C16H10F4O/c17-13-5-11(6-14(18)9-13)1-3-21-4-2-12-7-15(19)10-16(20)8-12/h1-10H. The Hall–Kier alpha value is -2.56. The normalized spacial score (nSPS) is 11.4. The first-order valence-corrected chi connectivity index (χ1v) is 5.94. The second kappa shape index (κ2) is 6.74. The fraction of sp³-hybridized carbons (Fsp3) is 0. The van der Waals surface area contributed by atoms with Crippen molar-refractivity contribution in [3.05, 3.63) is 83.3 Å². The quantitative estimate of drug-likeness (QED) is 0.575. The molecule has 0 N–H and O–H groups in total. The summed E-state index contributed by atoms with van der Waals surface area (Å²) in [4.78, 5) is 0. The summed E-state index contributed by atoms with van der Waals surface area (Å²) >= 11 is 0. The van der Waals surface area contributed by atoms with Crippen molar-refractivity contribution in [1.29, 1.82) is 0 Å². The van der Waals surface area contributed by atoms with Crippen LogP contribution < -0.4 is 0 Å². The Bertz CT molecular complexity index is 593. The van der Waals surface area contributed by atoms with E-state index in [0.717, 1.165) is 36.4 Å². The van der Waals surface area contributed by atoms with E-state index in [-0.39, 0.29) is 11.1 Å². The second-order valence-electron chi connectivity index (χ2n) is 4.15. The van der Waals surface area contributed by atoms with Gasteiger partial charge in [0.15, 0.2) is 0 Å². The van der Waals surface area contributed by atoms with E-state index in [1.807, 2.05) is 0 Å². The fourth-order valence-electron chi connectivity index (χ4n) is 1.62. The van der Waals surface area contributed by atoms with E-state index >= 15 is 0 Å². The highest BCUT2D eigenvalue weighted by atomic mass is 19.1. The predicted molar refractivity (Wildman–Crippen MR) is 71.9 cm³/mol. The van der Waals surface area contributed by atoms with Crippen LogP contribution in [-0.4, -0.2) is 0 Å². The maximum Gasteiger partial charge on any atom is 0.126 e. The molecule has 0 amide bonds. The third-order valence-electron chi connectivity index (χ3n) is 2.45. The predicted octanol–water partition coefficient (Wildman–Crippen LogP) is 4.90. The van der Waals surface area contributed by atoms with Crippen LogP contribution in [0.4, 0.5) is 17.6 Å². The smallest absolute Gasteiger partial charge is 0.126 e. The van der Waals surface area contributed by atoms with E-state index in [9.17, 15) is 17.6 Å². The van der Waals surface area contributed by atoms with Crippen LogP contribution in [0.3, 0.4) is 0 Å². The first kappa shape index (κ1) is 14.8. The molecule has 0 fully saturated rings. The van der Waals surface area contributed by atoms with Gasteiger partial charge in [0.05, 0.1) is 12.5 Å². The van der Waals surface area contributed by atoms with Gasteiger partial charge in [0.1, 0.15) is 23.3 Å². The molecule has 108 valence electrons. The van der Waals surface area contributed by atoms with Crippen molar-refractivity contribution in [2.45, 2.75) is 0 Å². The Labute approximate surface area is 118 Å². The molecule has 0 aliphatic carbocycles. The zero-order valence-electron chi connectivity index (χ0n) is 10.7. The number of hydrogen-bond acceptors (Lipinski definition) is 1. The van der Waals surface area contributed by atoms with Crippen molar-refractivity contribution in [1.82, 2.24) is 0 Å². The summed E-state index contributed by atoms with van der Waals surface area (Å²) in [6.07, 6.45) is 5.09.